The van der Waals surface area contributed by atoms with Crippen LogP contribution in [0.2, 0.25) is 5.02 Å². The van der Waals surface area contributed by atoms with E-state index in [-0.39, 0.29) is 17.1 Å². The van der Waals surface area contributed by atoms with Crippen molar-refractivity contribution >= 4 is 29.3 Å². The van der Waals surface area contributed by atoms with Gasteiger partial charge in [-0.15, -0.1) is 0 Å². The summed E-state index contributed by atoms with van der Waals surface area (Å²) in [5.74, 6) is -1.61. The summed E-state index contributed by atoms with van der Waals surface area (Å²) >= 11 is 5.64. The summed E-state index contributed by atoms with van der Waals surface area (Å²) in [6.07, 6.45) is 2.81. The molecule has 1 aromatic carbocycles. The average molecular weight is 315 g/mol. The molecule has 0 saturated heterocycles. The van der Waals surface area contributed by atoms with Crippen LogP contribution in [0, 0.1) is 5.82 Å². The maximum Gasteiger partial charge on any atom is 0.319 e. The molecule has 0 spiro atoms. The molecule has 5 nitrogen and oxygen atoms in total. The molecule has 3 N–H and O–H groups in total. The molecule has 1 aliphatic carbocycles. The van der Waals surface area contributed by atoms with Crippen LogP contribution < -0.4 is 10.6 Å². The zero-order valence-corrected chi connectivity index (χ0v) is 12.0. The van der Waals surface area contributed by atoms with Crippen LogP contribution >= 0.6 is 11.6 Å². The molecule has 114 valence electrons. The first-order valence-electron chi connectivity index (χ1n) is 6.66. The van der Waals surface area contributed by atoms with Crippen molar-refractivity contribution < 1.29 is 19.1 Å². The number of nitrogens with one attached hydrogen (secondary N) is 2. The normalized spacial score (nSPS) is 16.5. The van der Waals surface area contributed by atoms with Crippen molar-refractivity contribution in [1.29, 1.82) is 0 Å². The lowest BCUT2D eigenvalue weighted by Gasteiger charge is -2.28. The van der Waals surface area contributed by atoms with Gasteiger partial charge in [0.05, 0.1) is 17.6 Å². The van der Waals surface area contributed by atoms with Crippen molar-refractivity contribution in [3.63, 3.8) is 0 Å². The minimum atomic E-state index is -0.963. The highest BCUT2D eigenvalue weighted by Crippen LogP contribution is 2.32. The van der Waals surface area contributed by atoms with Gasteiger partial charge in [0.2, 0.25) is 0 Å². The van der Waals surface area contributed by atoms with Crippen molar-refractivity contribution in [3.05, 3.63) is 29.0 Å². The smallest absolute Gasteiger partial charge is 0.319 e. The Hall–Kier alpha value is -1.82. The van der Waals surface area contributed by atoms with Gasteiger partial charge in [0.25, 0.3) is 0 Å². The Bertz CT molecular complexity index is 559. The van der Waals surface area contributed by atoms with E-state index in [2.05, 4.69) is 10.6 Å². The van der Waals surface area contributed by atoms with Crippen molar-refractivity contribution in [2.75, 3.05) is 5.32 Å². The second-order valence-corrected chi connectivity index (χ2v) is 5.70. The van der Waals surface area contributed by atoms with Gasteiger partial charge in [-0.2, -0.15) is 0 Å². The molecule has 0 aliphatic heterocycles. The van der Waals surface area contributed by atoms with Gasteiger partial charge in [0.15, 0.2) is 0 Å². The molecule has 21 heavy (non-hydrogen) atoms. The number of amides is 2. The number of rotatable bonds is 4. The quantitative estimate of drug-likeness (QED) is 0.797. The first-order chi connectivity index (χ1) is 9.90. The van der Waals surface area contributed by atoms with E-state index < -0.39 is 23.4 Å². The average Bonchev–Trinajstić information content (AvgIpc) is 2.80. The molecule has 1 saturated carbocycles. The fourth-order valence-corrected chi connectivity index (χ4v) is 2.83. The number of aliphatic carboxylic acids is 1. The molecular weight excluding hydrogens is 299 g/mol. The Morgan fingerprint density at radius 3 is 2.57 bits per heavy atom. The number of benzene rings is 1. The lowest BCUT2D eigenvalue weighted by molar-refractivity contribution is -0.138. The second-order valence-electron chi connectivity index (χ2n) is 5.26. The van der Waals surface area contributed by atoms with Gasteiger partial charge in [0, 0.05) is 5.02 Å². The third-order valence-corrected chi connectivity index (χ3v) is 3.84. The highest BCUT2D eigenvalue weighted by Gasteiger charge is 2.37. The first-order valence-corrected chi connectivity index (χ1v) is 7.04. The Labute approximate surface area is 126 Å². The second kappa shape index (κ2) is 6.30. The van der Waals surface area contributed by atoms with Gasteiger partial charge in [0.1, 0.15) is 5.82 Å². The molecule has 0 radical (unpaired) electrons. The molecular formula is C14H16ClFN2O3. The van der Waals surface area contributed by atoms with E-state index in [9.17, 15) is 14.0 Å². The fraction of sp³-hybridized carbons (Fsp3) is 0.429. The van der Waals surface area contributed by atoms with Crippen LogP contribution in [0.5, 0.6) is 0 Å². The molecule has 7 heteroatoms. The summed E-state index contributed by atoms with van der Waals surface area (Å²) in [7, 11) is 0. The van der Waals surface area contributed by atoms with E-state index in [1.165, 1.54) is 12.1 Å². The van der Waals surface area contributed by atoms with E-state index >= 15 is 0 Å². The number of hydrogen-bond donors (Lipinski definition) is 3. The standard InChI is InChI=1S/C14H16ClFN2O3/c15-9-3-4-11(10(16)7-9)17-13(21)18-14(8-12(19)20)5-1-2-6-14/h3-4,7H,1-2,5-6,8H2,(H,19,20)(H2,17,18,21). The summed E-state index contributed by atoms with van der Waals surface area (Å²) in [6.45, 7) is 0. The number of carboxylic acids is 1. The molecule has 0 atom stereocenters. The number of carbonyl (C=O) groups excluding carboxylic acids is 1. The number of hydrogen-bond acceptors (Lipinski definition) is 2. The summed E-state index contributed by atoms with van der Waals surface area (Å²) in [5, 5.41) is 14.3. The Morgan fingerprint density at radius 1 is 1.33 bits per heavy atom. The maximum absolute atomic E-state index is 13.6. The third kappa shape index (κ3) is 4.07. The van der Waals surface area contributed by atoms with E-state index in [0.717, 1.165) is 18.9 Å². The first kappa shape index (κ1) is 15.6. The minimum absolute atomic E-state index is 0.000344. The molecule has 1 aliphatic rings. The van der Waals surface area contributed by atoms with Crippen molar-refractivity contribution in [2.45, 2.75) is 37.6 Å². The summed E-state index contributed by atoms with van der Waals surface area (Å²) in [4.78, 5) is 22.9. The van der Waals surface area contributed by atoms with Crippen LogP contribution in [-0.2, 0) is 4.79 Å². The summed E-state index contributed by atoms with van der Waals surface area (Å²) < 4.78 is 13.6. The Kier molecular flexibility index (Phi) is 4.67. The van der Waals surface area contributed by atoms with Crippen LogP contribution in [0.25, 0.3) is 0 Å². The highest BCUT2D eigenvalue weighted by atomic mass is 35.5. The van der Waals surface area contributed by atoms with Gasteiger partial charge in [-0.1, -0.05) is 24.4 Å². The molecule has 2 amide bonds. The van der Waals surface area contributed by atoms with Gasteiger partial charge in [-0.25, -0.2) is 9.18 Å². The van der Waals surface area contributed by atoms with Crippen molar-refractivity contribution in [2.24, 2.45) is 0 Å². The molecule has 1 fully saturated rings. The summed E-state index contributed by atoms with van der Waals surface area (Å²) in [6, 6.07) is 3.30. The Balaban J connectivity index is 2.04. The maximum atomic E-state index is 13.6. The number of urea groups is 1. The predicted molar refractivity (Wildman–Crippen MR) is 77.0 cm³/mol. The molecule has 1 aromatic rings. The Morgan fingerprint density at radius 2 is 2.00 bits per heavy atom. The van der Waals surface area contributed by atoms with E-state index in [0.29, 0.717) is 12.8 Å². The molecule has 2 rings (SSSR count). The monoisotopic (exact) mass is 314 g/mol. The molecule has 0 bridgehead atoms. The minimum Gasteiger partial charge on any atom is -0.481 e. The van der Waals surface area contributed by atoms with Gasteiger partial charge < -0.3 is 15.7 Å². The van der Waals surface area contributed by atoms with Crippen LogP contribution in [0.3, 0.4) is 0 Å². The molecule has 0 heterocycles. The molecule has 0 aromatic heterocycles. The fourth-order valence-electron chi connectivity index (χ4n) is 2.67. The van der Waals surface area contributed by atoms with Gasteiger partial charge >= 0.3 is 12.0 Å². The van der Waals surface area contributed by atoms with E-state index in [4.69, 9.17) is 16.7 Å². The largest absolute Gasteiger partial charge is 0.481 e. The molecule has 0 unspecified atom stereocenters. The number of halogens is 2. The lowest BCUT2D eigenvalue weighted by atomic mass is 9.93. The summed E-state index contributed by atoms with van der Waals surface area (Å²) in [5.41, 5.74) is -0.751. The SMILES string of the molecule is O=C(O)CC1(NC(=O)Nc2ccc(Cl)cc2F)CCCC1. The van der Waals surface area contributed by atoms with Crippen LogP contribution in [-0.4, -0.2) is 22.6 Å². The van der Waals surface area contributed by atoms with Crippen LogP contribution in [0.4, 0.5) is 14.9 Å². The predicted octanol–water partition coefficient (Wildman–Crippen LogP) is 3.39. The van der Waals surface area contributed by atoms with Crippen molar-refractivity contribution in [1.82, 2.24) is 5.32 Å². The topological polar surface area (TPSA) is 78.4 Å². The van der Waals surface area contributed by atoms with Crippen LogP contribution in [0.15, 0.2) is 18.2 Å². The van der Waals surface area contributed by atoms with Gasteiger partial charge in [-0.3, -0.25) is 4.79 Å². The number of carbonyl (C=O) groups is 2. The van der Waals surface area contributed by atoms with E-state index in [1.54, 1.807) is 0 Å². The van der Waals surface area contributed by atoms with Crippen molar-refractivity contribution in [3.8, 4) is 0 Å². The van der Waals surface area contributed by atoms with Crippen LogP contribution in [0.1, 0.15) is 32.1 Å². The lowest BCUT2D eigenvalue weighted by Crippen LogP contribution is -2.49. The number of anilines is 1. The zero-order valence-electron chi connectivity index (χ0n) is 11.3. The van der Waals surface area contributed by atoms with Gasteiger partial charge in [-0.05, 0) is 31.0 Å². The zero-order chi connectivity index (χ0) is 15.5. The highest BCUT2D eigenvalue weighted by molar-refractivity contribution is 6.30. The third-order valence-electron chi connectivity index (χ3n) is 3.61. The van der Waals surface area contributed by atoms with E-state index in [1.807, 2.05) is 0 Å². The number of carboxylic acid groups (broad SMARTS) is 1.